The Morgan fingerprint density at radius 1 is 1.33 bits per heavy atom. The first-order valence-corrected chi connectivity index (χ1v) is 8.72. The summed E-state index contributed by atoms with van der Waals surface area (Å²) in [5.74, 6) is -1.49. The molecule has 1 aliphatic heterocycles. The topological polar surface area (TPSA) is 66.4 Å². The number of hydrogen-bond acceptors (Lipinski definition) is 3. The maximum atomic E-state index is 12.9. The number of carbonyl (C=O) groups excluding carboxylic acids is 1. The molecule has 1 unspecified atom stereocenters. The first-order valence-electron chi connectivity index (χ1n) is 7.92. The summed E-state index contributed by atoms with van der Waals surface area (Å²) in [6.07, 6.45) is 1.17. The number of dihydropyridines is 1. The molecular formula is C19H20BrNO3. The van der Waals surface area contributed by atoms with E-state index in [2.05, 4.69) is 35.1 Å². The minimum Gasteiger partial charge on any atom is -0.478 e. The molecule has 0 fully saturated rings. The highest BCUT2D eigenvalue weighted by atomic mass is 79.9. The fourth-order valence-electron chi connectivity index (χ4n) is 3.74. The number of ketones is 1. The molecule has 1 aromatic carbocycles. The maximum absolute atomic E-state index is 12.9. The lowest BCUT2D eigenvalue weighted by atomic mass is 9.68. The Morgan fingerprint density at radius 2 is 2.04 bits per heavy atom. The largest absolute Gasteiger partial charge is 0.478 e. The van der Waals surface area contributed by atoms with Crippen molar-refractivity contribution in [2.24, 2.45) is 5.41 Å². The number of hydrogen-bond donors (Lipinski definition) is 2. The number of aliphatic carboxylic acids is 1. The molecule has 1 atom stereocenters. The molecule has 3 rings (SSSR count). The average molecular weight is 390 g/mol. The zero-order chi connectivity index (χ0) is 17.6. The Labute approximate surface area is 149 Å². The van der Waals surface area contributed by atoms with Crippen molar-refractivity contribution < 1.29 is 14.7 Å². The molecule has 1 aliphatic carbocycles. The van der Waals surface area contributed by atoms with Crippen LogP contribution in [0.3, 0.4) is 0 Å². The summed E-state index contributed by atoms with van der Waals surface area (Å²) in [5, 5.41) is 12.9. The van der Waals surface area contributed by atoms with E-state index in [1.807, 2.05) is 24.3 Å². The summed E-state index contributed by atoms with van der Waals surface area (Å²) in [7, 11) is 0. The lowest BCUT2D eigenvalue weighted by Crippen LogP contribution is -2.38. The van der Waals surface area contributed by atoms with Gasteiger partial charge in [0.15, 0.2) is 5.78 Å². The molecule has 1 aromatic rings. The minimum atomic E-state index is -0.992. The SMILES string of the molecule is CC1=C(C(=O)O)C(c2cccc(Br)c2)C2=C(CC(C)(C)CC2=O)N1. The van der Waals surface area contributed by atoms with Crippen LogP contribution in [0.15, 0.2) is 51.3 Å². The molecule has 24 heavy (non-hydrogen) atoms. The molecule has 0 radical (unpaired) electrons. The van der Waals surface area contributed by atoms with Crippen LogP contribution in [0.1, 0.15) is 45.1 Å². The van der Waals surface area contributed by atoms with Gasteiger partial charge in [0.05, 0.1) is 5.57 Å². The van der Waals surface area contributed by atoms with Crippen LogP contribution >= 0.6 is 15.9 Å². The second kappa shape index (κ2) is 5.88. The molecule has 0 saturated carbocycles. The van der Waals surface area contributed by atoms with E-state index in [4.69, 9.17) is 0 Å². The second-order valence-corrected chi connectivity index (χ2v) is 8.21. The highest BCUT2D eigenvalue weighted by Gasteiger charge is 2.42. The smallest absolute Gasteiger partial charge is 0.334 e. The van der Waals surface area contributed by atoms with E-state index in [1.165, 1.54) is 0 Å². The van der Waals surface area contributed by atoms with Gasteiger partial charge in [0, 0.05) is 33.8 Å². The third kappa shape index (κ3) is 2.93. The predicted octanol–water partition coefficient (Wildman–Crippen LogP) is 4.14. The minimum absolute atomic E-state index is 0.0324. The van der Waals surface area contributed by atoms with E-state index in [9.17, 15) is 14.7 Å². The number of rotatable bonds is 2. The summed E-state index contributed by atoms with van der Waals surface area (Å²) < 4.78 is 0.867. The number of benzene rings is 1. The molecule has 0 aromatic heterocycles. The first kappa shape index (κ1) is 17.0. The zero-order valence-electron chi connectivity index (χ0n) is 13.9. The van der Waals surface area contributed by atoms with Crippen LogP contribution in [0, 0.1) is 5.41 Å². The molecule has 2 aliphatic rings. The van der Waals surface area contributed by atoms with Crippen molar-refractivity contribution in [1.82, 2.24) is 5.32 Å². The van der Waals surface area contributed by atoms with Gasteiger partial charge in [-0.25, -0.2) is 4.79 Å². The summed E-state index contributed by atoms with van der Waals surface area (Å²) in [5.41, 5.74) is 3.03. The Balaban J connectivity index is 2.22. The molecule has 0 spiro atoms. The van der Waals surface area contributed by atoms with Crippen LogP contribution in [-0.4, -0.2) is 16.9 Å². The van der Waals surface area contributed by atoms with Gasteiger partial charge in [0.25, 0.3) is 0 Å². The van der Waals surface area contributed by atoms with E-state index in [0.29, 0.717) is 17.7 Å². The Hall–Kier alpha value is -1.88. The molecule has 0 saturated heterocycles. The molecule has 4 nitrogen and oxygen atoms in total. The number of allylic oxidation sites excluding steroid dienone is 3. The Kier molecular flexibility index (Phi) is 4.16. The molecule has 0 amide bonds. The van der Waals surface area contributed by atoms with Gasteiger partial charge < -0.3 is 10.4 Å². The van der Waals surface area contributed by atoms with Crippen LogP contribution in [-0.2, 0) is 9.59 Å². The quantitative estimate of drug-likeness (QED) is 0.797. The summed E-state index contributed by atoms with van der Waals surface area (Å²) in [6, 6.07) is 7.54. The second-order valence-electron chi connectivity index (χ2n) is 7.29. The summed E-state index contributed by atoms with van der Waals surface area (Å²) >= 11 is 3.44. The monoisotopic (exact) mass is 389 g/mol. The molecule has 0 bridgehead atoms. The Bertz CT molecular complexity index is 805. The van der Waals surface area contributed by atoms with E-state index < -0.39 is 11.9 Å². The third-order valence-corrected chi connectivity index (χ3v) is 5.15. The van der Waals surface area contributed by atoms with Crippen LogP contribution in [0.2, 0.25) is 0 Å². The lowest BCUT2D eigenvalue weighted by molar-refractivity contribution is -0.133. The maximum Gasteiger partial charge on any atom is 0.334 e. The fourth-order valence-corrected chi connectivity index (χ4v) is 4.16. The molecule has 126 valence electrons. The van der Waals surface area contributed by atoms with Gasteiger partial charge in [-0.1, -0.05) is 41.9 Å². The van der Waals surface area contributed by atoms with Crippen LogP contribution in [0.5, 0.6) is 0 Å². The van der Waals surface area contributed by atoms with Gasteiger partial charge in [-0.15, -0.1) is 0 Å². The van der Waals surface area contributed by atoms with Crippen molar-refractivity contribution in [2.45, 2.75) is 39.5 Å². The van der Waals surface area contributed by atoms with E-state index in [-0.39, 0.29) is 16.8 Å². The van der Waals surface area contributed by atoms with E-state index in [1.54, 1.807) is 6.92 Å². The van der Waals surface area contributed by atoms with Crippen molar-refractivity contribution >= 4 is 27.7 Å². The van der Waals surface area contributed by atoms with Gasteiger partial charge in [-0.3, -0.25) is 4.79 Å². The number of nitrogens with one attached hydrogen (secondary N) is 1. The van der Waals surface area contributed by atoms with Crippen molar-refractivity contribution in [1.29, 1.82) is 0 Å². The lowest BCUT2D eigenvalue weighted by Gasteiger charge is -2.39. The highest BCUT2D eigenvalue weighted by Crippen LogP contribution is 2.46. The van der Waals surface area contributed by atoms with Crippen molar-refractivity contribution in [3.8, 4) is 0 Å². The predicted molar refractivity (Wildman–Crippen MR) is 95.4 cm³/mol. The number of Topliss-reactive ketones (excluding diaryl/α,β-unsaturated/α-hetero) is 1. The van der Waals surface area contributed by atoms with Crippen LogP contribution < -0.4 is 5.32 Å². The van der Waals surface area contributed by atoms with E-state index >= 15 is 0 Å². The van der Waals surface area contributed by atoms with E-state index in [0.717, 1.165) is 22.2 Å². The van der Waals surface area contributed by atoms with Gasteiger partial charge >= 0.3 is 5.97 Å². The summed E-state index contributed by atoms with van der Waals surface area (Å²) in [4.78, 5) is 24.8. The van der Waals surface area contributed by atoms with Gasteiger partial charge in [-0.05, 0) is 36.5 Å². The third-order valence-electron chi connectivity index (χ3n) is 4.65. The first-order chi connectivity index (χ1) is 11.2. The molecule has 5 heteroatoms. The Morgan fingerprint density at radius 3 is 2.67 bits per heavy atom. The molecular weight excluding hydrogens is 370 g/mol. The van der Waals surface area contributed by atoms with Crippen molar-refractivity contribution in [3.05, 3.63) is 56.8 Å². The average Bonchev–Trinajstić information content (AvgIpc) is 2.43. The molecule has 1 heterocycles. The van der Waals surface area contributed by atoms with Crippen LogP contribution in [0.25, 0.3) is 0 Å². The fraction of sp³-hybridized carbons (Fsp3) is 0.368. The molecule has 2 N–H and O–H groups in total. The zero-order valence-corrected chi connectivity index (χ0v) is 15.5. The standard InChI is InChI=1S/C19H20BrNO3/c1-10-15(18(23)24)16(11-5-4-6-12(20)7-11)17-13(21-10)8-19(2,3)9-14(17)22/h4-7,16,21H,8-9H2,1-3H3,(H,23,24). The van der Waals surface area contributed by atoms with Gasteiger partial charge in [-0.2, -0.15) is 0 Å². The summed E-state index contributed by atoms with van der Waals surface area (Å²) in [6.45, 7) is 5.90. The highest BCUT2D eigenvalue weighted by molar-refractivity contribution is 9.10. The number of carboxylic acids is 1. The number of carboxylic acid groups (broad SMARTS) is 1. The normalized spacial score (nSPS) is 23.0. The van der Waals surface area contributed by atoms with Crippen molar-refractivity contribution in [3.63, 3.8) is 0 Å². The van der Waals surface area contributed by atoms with Crippen LogP contribution in [0.4, 0.5) is 0 Å². The van der Waals surface area contributed by atoms with Crippen molar-refractivity contribution in [2.75, 3.05) is 0 Å². The number of halogens is 1. The van der Waals surface area contributed by atoms with Gasteiger partial charge in [0.2, 0.25) is 0 Å². The van der Waals surface area contributed by atoms with Gasteiger partial charge in [0.1, 0.15) is 0 Å². The number of carbonyl (C=O) groups is 2.